The first-order valence-electron chi connectivity index (χ1n) is 7.82. The van der Waals surface area contributed by atoms with Crippen molar-refractivity contribution in [1.82, 2.24) is 10.2 Å². The van der Waals surface area contributed by atoms with Gasteiger partial charge in [0.25, 0.3) is 0 Å². The van der Waals surface area contributed by atoms with E-state index in [9.17, 15) is 4.79 Å². The number of hydrogen-bond donors (Lipinski definition) is 1. The summed E-state index contributed by atoms with van der Waals surface area (Å²) in [6.45, 7) is 0.804. The zero-order chi connectivity index (χ0) is 15.1. The summed E-state index contributed by atoms with van der Waals surface area (Å²) < 4.78 is 0. The van der Waals surface area contributed by atoms with Crippen molar-refractivity contribution in [2.75, 3.05) is 20.6 Å². The van der Waals surface area contributed by atoms with Gasteiger partial charge in [0, 0.05) is 18.7 Å². The van der Waals surface area contributed by atoms with Gasteiger partial charge >= 0.3 is 0 Å². The fourth-order valence-electron chi connectivity index (χ4n) is 2.91. The summed E-state index contributed by atoms with van der Waals surface area (Å²) in [5.41, 5.74) is 1.05. The molecule has 0 bridgehead atoms. The Hall–Kier alpha value is -1.61. The van der Waals surface area contributed by atoms with Crippen LogP contribution in [0.25, 0.3) is 6.08 Å². The monoisotopic (exact) mass is 286 g/mol. The Kier molecular flexibility index (Phi) is 6.00. The summed E-state index contributed by atoms with van der Waals surface area (Å²) >= 11 is 0. The highest BCUT2D eigenvalue weighted by Gasteiger charge is 2.22. The predicted molar refractivity (Wildman–Crippen MR) is 87.9 cm³/mol. The van der Waals surface area contributed by atoms with Crippen LogP contribution < -0.4 is 5.32 Å². The molecule has 0 radical (unpaired) electrons. The fraction of sp³-hybridized carbons (Fsp3) is 0.500. The summed E-state index contributed by atoms with van der Waals surface area (Å²) in [6.07, 6.45) is 8.40. The molecule has 21 heavy (non-hydrogen) atoms. The predicted octanol–water partition coefficient (Wildman–Crippen LogP) is 2.94. The van der Waals surface area contributed by atoms with Gasteiger partial charge in [-0.2, -0.15) is 0 Å². The van der Waals surface area contributed by atoms with E-state index in [2.05, 4.69) is 24.3 Å². The van der Waals surface area contributed by atoms with Gasteiger partial charge in [-0.1, -0.05) is 30.3 Å². The Morgan fingerprint density at radius 2 is 1.86 bits per heavy atom. The minimum Gasteiger partial charge on any atom is -0.352 e. The smallest absolute Gasteiger partial charge is 0.244 e. The van der Waals surface area contributed by atoms with Crippen molar-refractivity contribution in [2.45, 2.75) is 31.7 Å². The van der Waals surface area contributed by atoms with Gasteiger partial charge < -0.3 is 10.2 Å². The number of carbonyl (C=O) groups excluding carboxylic acids is 1. The molecule has 1 aliphatic rings. The topological polar surface area (TPSA) is 32.3 Å². The number of nitrogens with zero attached hydrogens (tertiary/aromatic N) is 1. The number of hydrogen-bond acceptors (Lipinski definition) is 2. The minimum absolute atomic E-state index is 0.00795. The van der Waals surface area contributed by atoms with Crippen LogP contribution in [0.1, 0.15) is 31.2 Å². The van der Waals surface area contributed by atoms with Gasteiger partial charge in [0.15, 0.2) is 0 Å². The maximum Gasteiger partial charge on any atom is 0.244 e. The average Bonchev–Trinajstić information content (AvgIpc) is 2.52. The molecule has 1 aliphatic carbocycles. The van der Waals surface area contributed by atoms with E-state index in [4.69, 9.17) is 0 Å². The SMILES string of the molecule is CN(C)C1CCC(CNC(=O)/C=C/c2ccccc2)CC1. The Balaban J connectivity index is 1.69. The van der Waals surface area contributed by atoms with Crippen LogP contribution in [0, 0.1) is 5.92 Å². The van der Waals surface area contributed by atoms with Crippen molar-refractivity contribution in [1.29, 1.82) is 0 Å². The molecule has 2 rings (SSSR count). The molecule has 3 nitrogen and oxygen atoms in total. The fourth-order valence-corrected chi connectivity index (χ4v) is 2.91. The molecule has 0 saturated heterocycles. The summed E-state index contributed by atoms with van der Waals surface area (Å²) in [5.74, 6) is 0.642. The van der Waals surface area contributed by atoms with Crippen molar-refractivity contribution in [2.24, 2.45) is 5.92 Å². The first-order chi connectivity index (χ1) is 10.1. The summed E-state index contributed by atoms with van der Waals surface area (Å²) in [5, 5.41) is 3.03. The quantitative estimate of drug-likeness (QED) is 0.844. The van der Waals surface area contributed by atoms with E-state index >= 15 is 0 Å². The summed E-state index contributed by atoms with van der Waals surface area (Å²) in [7, 11) is 4.31. The molecule has 1 amide bonds. The molecule has 0 unspecified atom stereocenters. The highest BCUT2D eigenvalue weighted by Crippen LogP contribution is 2.25. The highest BCUT2D eigenvalue weighted by molar-refractivity contribution is 5.91. The van der Waals surface area contributed by atoms with Crippen LogP contribution in [0.2, 0.25) is 0 Å². The molecule has 1 N–H and O–H groups in total. The van der Waals surface area contributed by atoms with Crippen molar-refractivity contribution >= 4 is 12.0 Å². The Labute approximate surface area is 128 Å². The first-order valence-corrected chi connectivity index (χ1v) is 7.82. The van der Waals surface area contributed by atoms with Gasteiger partial charge in [-0.15, -0.1) is 0 Å². The standard InChI is InChI=1S/C18H26N2O/c1-20(2)17-11-8-16(9-12-17)14-19-18(21)13-10-15-6-4-3-5-7-15/h3-7,10,13,16-17H,8-9,11-12,14H2,1-2H3,(H,19,21)/b13-10+. The van der Waals surface area contributed by atoms with Crippen LogP contribution in [0.15, 0.2) is 36.4 Å². The molecule has 0 heterocycles. The van der Waals surface area contributed by atoms with Gasteiger partial charge in [-0.25, -0.2) is 0 Å². The van der Waals surface area contributed by atoms with Crippen molar-refractivity contribution in [3.05, 3.63) is 42.0 Å². The maximum absolute atomic E-state index is 11.8. The lowest BCUT2D eigenvalue weighted by molar-refractivity contribution is -0.116. The molecule has 1 saturated carbocycles. The molecule has 1 fully saturated rings. The third kappa shape index (κ3) is 5.35. The van der Waals surface area contributed by atoms with E-state index in [0.29, 0.717) is 5.92 Å². The number of rotatable bonds is 5. The van der Waals surface area contributed by atoms with Gasteiger partial charge in [-0.05, 0) is 57.3 Å². The lowest BCUT2D eigenvalue weighted by Gasteiger charge is -2.32. The molecule has 114 valence electrons. The summed E-state index contributed by atoms with van der Waals surface area (Å²) in [4.78, 5) is 14.1. The molecule has 0 spiro atoms. The summed E-state index contributed by atoms with van der Waals surface area (Å²) in [6, 6.07) is 10.6. The number of nitrogens with one attached hydrogen (secondary N) is 1. The molecule has 1 aromatic carbocycles. The zero-order valence-corrected chi connectivity index (χ0v) is 13.1. The molecular formula is C18H26N2O. The Bertz CT molecular complexity index is 459. The second kappa shape index (κ2) is 7.99. The van der Waals surface area contributed by atoms with Crippen molar-refractivity contribution in [3.8, 4) is 0 Å². The highest BCUT2D eigenvalue weighted by atomic mass is 16.1. The Morgan fingerprint density at radius 3 is 2.48 bits per heavy atom. The molecular weight excluding hydrogens is 260 g/mol. The van der Waals surface area contributed by atoms with Crippen molar-refractivity contribution in [3.63, 3.8) is 0 Å². The second-order valence-electron chi connectivity index (χ2n) is 6.13. The maximum atomic E-state index is 11.8. The molecule has 0 aromatic heterocycles. The van der Waals surface area contributed by atoms with Gasteiger partial charge in [0.05, 0.1) is 0 Å². The molecule has 0 aliphatic heterocycles. The van der Waals surface area contributed by atoms with Crippen LogP contribution in [0.3, 0.4) is 0 Å². The third-order valence-electron chi connectivity index (χ3n) is 4.34. The zero-order valence-electron chi connectivity index (χ0n) is 13.1. The largest absolute Gasteiger partial charge is 0.352 e. The minimum atomic E-state index is 0.00795. The Morgan fingerprint density at radius 1 is 1.19 bits per heavy atom. The molecule has 3 heteroatoms. The van der Waals surface area contributed by atoms with Gasteiger partial charge in [0.1, 0.15) is 0 Å². The number of carbonyl (C=O) groups is 1. The number of benzene rings is 1. The lowest BCUT2D eigenvalue weighted by atomic mass is 9.85. The van der Waals surface area contributed by atoms with E-state index in [1.807, 2.05) is 36.4 Å². The van der Waals surface area contributed by atoms with Crippen LogP contribution in [0.4, 0.5) is 0 Å². The van der Waals surface area contributed by atoms with E-state index in [1.165, 1.54) is 25.7 Å². The van der Waals surface area contributed by atoms with E-state index in [0.717, 1.165) is 18.2 Å². The third-order valence-corrected chi connectivity index (χ3v) is 4.34. The van der Waals surface area contributed by atoms with Crippen molar-refractivity contribution < 1.29 is 4.79 Å². The van der Waals surface area contributed by atoms with Crippen LogP contribution >= 0.6 is 0 Å². The first kappa shape index (κ1) is 15.8. The average molecular weight is 286 g/mol. The second-order valence-corrected chi connectivity index (χ2v) is 6.13. The van der Waals surface area contributed by atoms with Crippen LogP contribution in [0.5, 0.6) is 0 Å². The van der Waals surface area contributed by atoms with Gasteiger partial charge in [0.2, 0.25) is 5.91 Å². The molecule has 1 aromatic rings. The van der Waals surface area contributed by atoms with Crippen LogP contribution in [-0.4, -0.2) is 37.5 Å². The van der Waals surface area contributed by atoms with Crippen LogP contribution in [-0.2, 0) is 4.79 Å². The lowest BCUT2D eigenvalue weighted by Crippen LogP contribution is -2.36. The normalized spacial score (nSPS) is 22.6. The number of amides is 1. The van der Waals surface area contributed by atoms with E-state index < -0.39 is 0 Å². The molecule has 0 atom stereocenters. The van der Waals surface area contributed by atoms with E-state index in [1.54, 1.807) is 6.08 Å². The van der Waals surface area contributed by atoms with Gasteiger partial charge in [-0.3, -0.25) is 4.79 Å². The van der Waals surface area contributed by atoms with E-state index in [-0.39, 0.29) is 5.91 Å².